The van der Waals surface area contributed by atoms with Crippen LogP contribution in [0.3, 0.4) is 0 Å². The summed E-state index contributed by atoms with van der Waals surface area (Å²) in [4.78, 5) is 14.9. The second-order valence-corrected chi connectivity index (χ2v) is 12.1. The monoisotopic (exact) mass is 613 g/mol. The fourth-order valence-electron chi connectivity index (χ4n) is 7.18. The van der Waals surface area contributed by atoms with Crippen molar-refractivity contribution in [2.24, 2.45) is 0 Å². The van der Waals surface area contributed by atoms with E-state index in [9.17, 15) is 0 Å². The number of benzene rings is 7. The van der Waals surface area contributed by atoms with Crippen LogP contribution in [0.4, 0.5) is 0 Å². The maximum Gasteiger partial charge on any atom is 0.164 e. The molecule has 5 heteroatoms. The SMILES string of the molecule is c1ccc(-c2nc(-c3ccccc3)nc(-c3cccc(-n4c5cccc6ccc7c8ccn(-c9ccccc9)c8cc4c7c65)c3)n2)cc1. The lowest BCUT2D eigenvalue weighted by Gasteiger charge is -2.12. The van der Waals surface area contributed by atoms with Gasteiger partial charge in [-0.15, -0.1) is 0 Å². The molecule has 0 saturated carbocycles. The van der Waals surface area contributed by atoms with Gasteiger partial charge in [-0.05, 0) is 53.2 Å². The number of hydrogen-bond acceptors (Lipinski definition) is 3. The molecule has 0 spiro atoms. The number of rotatable bonds is 5. The molecule has 0 aliphatic rings. The highest BCUT2D eigenvalue weighted by Crippen LogP contribution is 2.43. The lowest BCUT2D eigenvalue weighted by Crippen LogP contribution is -2.01. The molecule has 5 nitrogen and oxygen atoms in total. The highest BCUT2D eigenvalue weighted by molar-refractivity contribution is 6.29. The van der Waals surface area contributed by atoms with Crippen molar-refractivity contribution in [3.63, 3.8) is 0 Å². The molecule has 0 N–H and O–H groups in total. The van der Waals surface area contributed by atoms with E-state index in [1.165, 1.54) is 43.5 Å². The van der Waals surface area contributed by atoms with Crippen molar-refractivity contribution < 1.29 is 0 Å². The second-order valence-electron chi connectivity index (χ2n) is 12.1. The average molecular weight is 614 g/mol. The lowest BCUT2D eigenvalue weighted by molar-refractivity contribution is 1.07. The van der Waals surface area contributed by atoms with Crippen LogP contribution in [-0.4, -0.2) is 24.1 Å². The Balaban J connectivity index is 1.22. The van der Waals surface area contributed by atoms with Crippen LogP contribution in [0.2, 0.25) is 0 Å². The lowest BCUT2D eigenvalue weighted by atomic mass is 10.00. The Kier molecular flexibility index (Phi) is 5.81. The fourth-order valence-corrected chi connectivity index (χ4v) is 7.18. The van der Waals surface area contributed by atoms with Gasteiger partial charge in [-0.3, -0.25) is 0 Å². The Labute approximate surface area is 276 Å². The first kappa shape index (κ1) is 26.6. The number of nitrogens with zero attached hydrogens (tertiary/aromatic N) is 5. The van der Waals surface area contributed by atoms with Crippen molar-refractivity contribution in [2.45, 2.75) is 0 Å². The summed E-state index contributed by atoms with van der Waals surface area (Å²) < 4.78 is 4.68. The van der Waals surface area contributed by atoms with Crippen LogP contribution < -0.4 is 0 Å². The van der Waals surface area contributed by atoms with Crippen LogP contribution in [0.25, 0.3) is 89.0 Å². The van der Waals surface area contributed by atoms with Crippen LogP contribution in [0.5, 0.6) is 0 Å². The minimum Gasteiger partial charge on any atom is -0.316 e. The number of aromatic nitrogens is 5. The third-order valence-corrected chi connectivity index (χ3v) is 9.35. The zero-order valence-electron chi connectivity index (χ0n) is 25.8. The molecular weight excluding hydrogens is 587 g/mol. The van der Waals surface area contributed by atoms with E-state index in [0.29, 0.717) is 17.5 Å². The van der Waals surface area contributed by atoms with E-state index in [0.717, 1.165) is 28.1 Å². The third kappa shape index (κ3) is 4.08. The molecule has 0 amide bonds. The van der Waals surface area contributed by atoms with Gasteiger partial charge in [0.05, 0.1) is 16.6 Å². The van der Waals surface area contributed by atoms with Crippen molar-refractivity contribution in [1.82, 2.24) is 24.1 Å². The molecule has 0 saturated heterocycles. The van der Waals surface area contributed by atoms with Crippen molar-refractivity contribution in [3.05, 3.63) is 164 Å². The van der Waals surface area contributed by atoms with E-state index >= 15 is 0 Å². The summed E-state index contributed by atoms with van der Waals surface area (Å²) in [7, 11) is 0. The Morgan fingerprint density at radius 3 is 1.69 bits per heavy atom. The summed E-state index contributed by atoms with van der Waals surface area (Å²) in [6.07, 6.45) is 2.18. The summed E-state index contributed by atoms with van der Waals surface area (Å²) in [5.41, 5.74) is 8.55. The predicted octanol–water partition coefficient (Wildman–Crippen LogP) is 10.5. The molecule has 0 bridgehead atoms. The van der Waals surface area contributed by atoms with Crippen molar-refractivity contribution in [3.8, 4) is 45.5 Å². The molecule has 10 rings (SSSR count). The molecular formula is C43H27N5. The van der Waals surface area contributed by atoms with Crippen LogP contribution in [0.1, 0.15) is 0 Å². The smallest absolute Gasteiger partial charge is 0.164 e. The first-order valence-corrected chi connectivity index (χ1v) is 16.1. The van der Waals surface area contributed by atoms with Gasteiger partial charge in [0, 0.05) is 50.4 Å². The normalized spacial score (nSPS) is 11.8. The summed E-state index contributed by atoms with van der Waals surface area (Å²) in [6, 6.07) is 55.1. The quantitative estimate of drug-likeness (QED) is 0.182. The molecule has 224 valence electrons. The summed E-state index contributed by atoms with van der Waals surface area (Å²) >= 11 is 0. The van der Waals surface area contributed by atoms with Crippen molar-refractivity contribution in [2.75, 3.05) is 0 Å². The van der Waals surface area contributed by atoms with Gasteiger partial charge >= 0.3 is 0 Å². The number of fused-ring (bicyclic) bond motifs is 2. The van der Waals surface area contributed by atoms with E-state index in [1.807, 2.05) is 60.7 Å². The standard InChI is InChI=1S/C43H27N5/c1-4-12-29(13-5-1)41-44-42(30-14-6-2-7-15-30)46-43(45-41)31-17-10-20-33(26-31)48-36-21-11-16-28-22-23-35-34-24-25-47(32-18-8-3-9-19-32)37(34)27-38(48)40(35)39(28)36/h1-27H. The van der Waals surface area contributed by atoms with E-state index in [-0.39, 0.29) is 0 Å². The molecule has 48 heavy (non-hydrogen) atoms. The van der Waals surface area contributed by atoms with Crippen LogP contribution >= 0.6 is 0 Å². The molecule has 0 aliphatic carbocycles. The minimum absolute atomic E-state index is 0.637. The first-order chi connectivity index (χ1) is 23.8. The van der Waals surface area contributed by atoms with Gasteiger partial charge in [-0.2, -0.15) is 0 Å². The number of para-hydroxylation sites is 1. The largest absolute Gasteiger partial charge is 0.316 e. The summed E-state index contributed by atoms with van der Waals surface area (Å²) in [6.45, 7) is 0. The third-order valence-electron chi connectivity index (χ3n) is 9.35. The van der Waals surface area contributed by atoms with Crippen molar-refractivity contribution >= 4 is 43.5 Å². The Morgan fingerprint density at radius 2 is 0.979 bits per heavy atom. The molecule has 0 fully saturated rings. The van der Waals surface area contributed by atoms with Gasteiger partial charge in [0.2, 0.25) is 0 Å². The Bertz CT molecular complexity index is 2700. The molecule has 3 heterocycles. The zero-order chi connectivity index (χ0) is 31.6. The first-order valence-electron chi connectivity index (χ1n) is 16.1. The van der Waals surface area contributed by atoms with Gasteiger partial charge in [-0.1, -0.05) is 115 Å². The topological polar surface area (TPSA) is 48.5 Å². The Morgan fingerprint density at radius 1 is 0.375 bits per heavy atom. The molecule has 3 aromatic heterocycles. The summed E-state index contributed by atoms with van der Waals surface area (Å²) in [5.74, 6) is 1.94. The van der Waals surface area contributed by atoms with E-state index in [4.69, 9.17) is 15.0 Å². The number of hydrogen-bond donors (Lipinski definition) is 0. The van der Waals surface area contributed by atoms with Gasteiger partial charge in [0.25, 0.3) is 0 Å². The van der Waals surface area contributed by atoms with Gasteiger partial charge < -0.3 is 9.13 Å². The molecule has 0 atom stereocenters. The highest BCUT2D eigenvalue weighted by Gasteiger charge is 2.21. The Hall–Kier alpha value is -6.59. The van der Waals surface area contributed by atoms with Gasteiger partial charge in [-0.25, -0.2) is 15.0 Å². The van der Waals surface area contributed by atoms with E-state index < -0.39 is 0 Å². The maximum atomic E-state index is 5.02. The van der Waals surface area contributed by atoms with Crippen LogP contribution in [0.15, 0.2) is 164 Å². The molecule has 0 radical (unpaired) electrons. The maximum absolute atomic E-state index is 5.02. The average Bonchev–Trinajstić information content (AvgIpc) is 3.75. The minimum atomic E-state index is 0.637. The predicted molar refractivity (Wildman–Crippen MR) is 196 cm³/mol. The molecule has 10 aromatic rings. The molecule has 0 unspecified atom stereocenters. The molecule has 7 aromatic carbocycles. The van der Waals surface area contributed by atoms with Crippen LogP contribution in [-0.2, 0) is 0 Å². The highest BCUT2D eigenvalue weighted by atomic mass is 15.0. The van der Waals surface area contributed by atoms with Gasteiger partial charge in [0.1, 0.15) is 0 Å². The molecule has 0 aliphatic heterocycles. The van der Waals surface area contributed by atoms with Crippen molar-refractivity contribution in [1.29, 1.82) is 0 Å². The van der Waals surface area contributed by atoms with E-state index in [1.54, 1.807) is 0 Å². The van der Waals surface area contributed by atoms with Gasteiger partial charge in [0.15, 0.2) is 17.5 Å². The summed E-state index contributed by atoms with van der Waals surface area (Å²) in [5, 5.41) is 6.30. The zero-order valence-corrected chi connectivity index (χ0v) is 25.8. The van der Waals surface area contributed by atoms with E-state index in [2.05, 4.69) is 112 Å². The fraction of sp³-hybridized carbons (Fsp3) is 0. The second kappa shape index (κ2) is 10.5. The van der Waals surface area contributed by atoms with Crippen LogP contribution in [0, 0.1) is 0 Å².